The molecule has 0 atom stereocenters. The molecule has 0 N–H and O–H groups in total. The Balaban J connectivity index is 2.27. The second-order valence-corrected chi connectivity index (χ2v) is 8.46. The van der Waals surface area contributed by atoms with Crippen LogP contribution in [0, 0.1) is 6.92 Å². The highest BCUT2D eigenvalue weighted by Gasteiger charge is 2.25. The van der Waals surface area contributed by atoms with Gasteiger partial charge in [0.05, 0.1) is 18.1 Å². The topological polar surface area (TPSA) is 55.8 Å². The number of hydrogen-bond donors (Lipinski definition) is 0. The summed E-state index contributed by atoms with van der Waals surface area (Å²) in [7, 11) is -2.04. The number of thiophene rings is 1. The van der Waals surface area contributed by atoms with E-state index >= 15 is 0 Å². The van der Waals surface area contributed by atoms with Gasteiger partial charge in [-0.1, -0.05) is 6.92 Å². The molecule has 0 saturated carbocycles. The summed E-state index contributed by atoms with van der Waals surface area (Å²) in [6.45, 7) is 5.50. The molecule has 0 aliphatic carbocycles. The van der Waals surface area contributed by atoms with Crippen LogP contribution >= 0.6 is 11.3 Å². The van der Waals surface area contributed by atoms with Crippen molar-refractivity contribution in [3.8, 4) is 5.75 Å². The van der Waals surface area contributed by atoms with E-state index in [9.17, 15) is 8.42 Å². The van der Waals surface area contributed by atoms with Crippen LogP contribution < -0.4 is 4.74 Å². The molecule has 0 saturated heterocycles. The fraction of sp³-hybridized carbons (Fsp3) is 0.444. The Morgan fingerprint density at radius 1 is 1.20 bits per heavy atom. The summed E-state index contributed by atoms with van der Waals surface area (Å²) in [5.41, 5.74) is 1.79. The van der Waals surface area contributed by atoms with Crippen molar-refractivity contribution in [2.75, 3.05) is 26.9 Å². The summed E-state index contributed by atoms with van der Waals surface area (Å²) >= 11 is 1.55. The van der Waals surface area contributed by atoms with Crippen LogP contribution in [0.2, 0.25) is 0 Å². The number of nitrogens with zero attached hydrogens (tertiary/aromatic N) is 1. The number of hydrogen-bond acceptors (Lipinski definition) is 5. The first-order chi connectivity index (χ1) is 12.0. The molecule has 2 rings (SSSR count). The minimum atomic E-state index is -3.61. The van der Waals surface area contributed by atoms with Gasteiger partial charge in [-0.05, 0) is 59.5 Å². The van der Waals surface area contributed by atoms with Crippen molar-refractivity contribution in [1.29, 1.82) is 0 Å². The molecule has 5 nitrogen and oxygen atoms in total. The standard InChI is InChI=1S/C18H25NO4S2/c1-4-9-23-18-6-5-17(12-15(18)2)25(20,21)19(8-10-22-3)13-16-7-11-24-14-16/h5-7,11-12,14H,4,8-10,13H2,1-3H3. The Hall–Kier alpha value is -1.41. The number of rotatable bonds is 10. The molecule has 138 valence electrons. The first kappa shape index (κ1) is 19.9. The predicted molar refractivity (Wildman–Crippen MR) is 101 cm³/mol. The summed E-state index contributed by atoms with van der Waals surface area (Å²) in [5.74, 6) is 0.724. The minimum absolute atomic E-state index is 0.278. The monoisotopic (exact) mass is 383 g/mol. The van der Waals surface area contributed by atoms with E-state index in [1.807, 2.05) is 30.7 Å². The molecule has 1 aromatic heterocycles. The summed E-state index contributed by atoms with van der Waals surface area (Å²) in [6, 6.07) is 6.96. The van der Waals surface area contributed by atoms with Crippen LogP contribution in [0.3, 0.4) is 0 Å². The molecule has 0 aliphatic rings. The quantitative estimate of drug-likeness (QED) is 0.628. The fourth-order valence-electron chi connectivity index (χ4n) is 2.37. The lowest BCUT2D eigenvalue weighted by atomic mass is 10.2. The first-order valence-electron chi connectivity index (χ1n) is 8.22. The van der Waals surface area contributed by atoms with Gasteiger partial charge in [0, 0.05) is 20.2 Å². The SMILES string of the molecule is CCCOc1ccc(S(=O)(=O)N(CCOC)Cc2ccsc2)cc1C. The molecule has 2 aromatic rings. The van der Waals surface area contributed by atoms with E-state index in [4.69, 9.17) is 9.47 Å². The molecule has 1 aromatic carbocycles. The van der Waals surface area contributed by atoms with E-state index in [1.54, 1.807) is 36.6 Å². The number of sulfonamides is 1. The van der Waals surface area contributed by atoms with Crippen molar-refractivity contribution in [3.05, 3.63) is 46.2 Å². The molecule has 1 heterocycles. The largest absolute Gasteiger partial charge is 0.493 e. The van der Waals surface area contributed by atoms with Crippen molar-refractivity contribution < 1.29 is 17.9 Å². The molecular formula is C18H25NO4S2. The summed E-state index contributed by atoms with van der Waals surface area (Å²) in [6.07, 6.45) is 0.908. The van der Waals surface area contributed by atoms with Crippen LogP contribution in [0.1, 0.15) is 24.5 Å². The molecule has 0 fully saturated rings. The lowest BCUT2D eigenvalue weighted by Crippen LogP contribution is -2.33. The molecule has 0 spiro atoms. The van der Waals surface area contributed by atoms with Gasteiger partial charge >= 0.3 is 0 Å². The average Bonchev–Trinajstić information content (AvgIpc) is 3.10. The Labute approximate surface area is 154 Å². The molecule has 0 amide bonds. The molecule has 0 unspecified atom stereocenters. The maximum absolute atomic E-state index is 13.1. The van der Waals surface area contributed by atoms with E-state index in [-0.39, 0.29) is 4.90 Å². The van der Waals surface area contributed by atoms with E-state index in [1.165, 1.54) is 4.31 Å². The predicted octanol–water partition coefficient (Wildman–Crippen LogP) is 3.68. The molecule has 25 heavy (non-hydrogen) atoms. The van der Waals surface area contributed by atoms with Crippen LogP contribution in [-0.4, -0.2) is 39.6 Å². The third kappa shape index (κ3) is 5.28. The third-order valence-corrected chi connectivity index (χ3v) is 6.30. The zero-order valence-electron chi connectivity index (χ0n) is 14.9. The number of benzene rings is 1. The Morgan fingerprint density at radius 3 is 2.60 bits per heavy atom. The summed E-state index contributed by atoms with van der Waals surface area (Å²) < 4.78 is 38.3. The zero-order chi connectivity index (χ0) is 18.3. The number of methoxy groups -OCH3 is 1. The van der Waals surface area contributed by atoms with E-state index < -0.39 is 10.0 Å². The normalized spacial score (nSPS) is 11.8. The van der Waals surface area contributed by atoms with Gasteiger partial charge in [-0.2, -0.15) is 15.6 Å². The highest BCUT2D eigenvalue weighted by atomic mass is 32.2. The summed E-state index contributed by atoms with van der Waals surface area (Å²) in [5, 5.41) is 3.91. The second-order valence-electron chi connectivity index (χ2n) is 5.74. The lowest BCUT2D eigenvalue weighted by Gasteiger charge is -2.22. The minimum Gasteiger partial charge on any atom is -0.493 e. The Bertz CT molecular complexity index is 757. The van der Waals surface area contributed by atoms with E-state index in [2.05, 4.69) is 0 Å². The molecule has 0 bridgehead atoms. The van der Waals surface area contributed by atoms with Crippen molar-refractivity contribution in [2.24, 2.45) is 0 Å². The van der Waals surface area contributed by atoms with Gasteiger partial charge in [-0.25, -0.2) is 8.42 Å². The van der Waals surface area contributed by atoms with Crippen LogP contribution in [0.5, 0.6) is 5.75 Å². The van der Waals surface area contributed by atoms with E-state index in [0.717, 1.165) is 23.3 Å². The lowest BCUT2D eigenvalue weighted by molar-refractivity contribution is 0.177. The van der Waals surface area contributed by atoms with Gasteiger partial charge in [0.1, 0.15) is 5.75 Å². The van der Waals surface area contributed by atoms with Gasteiger partial charge in [-0.3, -0.25) is 0 Å². The Morgan fingerprint density at radius 2 is 2.00 bits per heavy atom. The van der Waals surface area contributed by atoms with Crippen molar-refractivity contribution in [1.82, 2.24) is 4.31 Å². The molecule has 0 aliphatic heterocycles. The van der Waals surface area contributed by atoms with E-state index in [0.29, 0.717) is 26.3 Å². The summed E-state index contributed by atoms with van der Waals surface area (Å²) in [4.78, 5) is 0.278. The highest BCUT2D eigenvalue weighted by molar-refractivity contribution is 7.89. The van der Waals surface area contributed by atoms with Crippen LogP contribution in [0.15, 0.2) is 39.9 Å². The molecule has 0 radical (unpaired) electrons. The van der Waals surface area contributed by atoms with Crippen LogP contribution in [-0.2, 0) is 21.3 Å². The van der Waals surface area contributed by atoms with Crippen molar-refractivity contribution >= 4 is 21.4 Å². The fourth-order valence-corrected chi connectivity index (χ4v) is 4.53. The van der Waals surface area contributed by atoms with Gasteiger partial charge < -0.3 is 9.47 Å². The van der Waals surface area contributed by atoms with Gasteiger partial charge in [0.15, 0.2) is 0 Å². The van der Waals surface area contributed by atoms with Gasteiger partial charge in [0.25, 0.3) is 0 Å². The first-order valence-corrected chi connectivity index (χ1v) is 10.6. The average molecular weight is 384 g/mol. The smallest absolute Gasteiger partial charge is 0.243 e. The maximum Gasteiger partial charge on any atom is 0.243 e. The van der Waals surface area contributed by atoms with Crippen LogP contribution in [0.25, 0.3) is 0 Å². The van der Waals surface area contributed by atoms with Gasteiger partial charge in [0.2, 0.25) is 10.0 Å². The highest BCUT2D eigenvalue weighted by Crippen LogP contribution is 2.25. The van der Waals surface area contributed by atoms with Crippen molar-refractivity contribution in [2.45, 2.75) is 31.7 Å². The maximum atomic E-state index is 13.1. The Kier molecular flexibility index (Phi) is 7.43. The molecular weight excluding hydrogens is 358 g/mol. The van der Waals surface area contributed by atoms with Gasteiger partial charge in [-0.15, -0.1) is 0 Å². The zero-order valence-corrected chi connectivity index (χ0v) is 16.5. The van der Waals surface area contributed by atoms with Crippen molar-refractivity contribution in [3.63, 3.8) is 0 Å². The second kappa shape index (κ2) is 9.33. The molecule has 7 heteroatoms. The third-order valence-electron chi connectivity index (χ3n) is 3.73. The van der Waals surface area contributed by atoms with Crippen LogP contribution in [0.4, 0.5) is 0 Å². The number of aryl methyl sites for hydroxylation is 1. The number of ether oxygens (including phenoxy) is 2.